The third-order valence-electron chi connectivity index (χ3n) is 3.17. The first kappa shape index (κ1) is 15.7. The molecule has 2 rings (SSSR count). The number of nitrogens with zero attached hydrogens (tertiary/aromatic N) is 3. The molecule has 0 aliphatic heterocycles. The van der Waals surface area contributed by atoms with Gasteiger partial charge in [-0.1, -0.05) is 0 Å². The molecule has 0 saturated heterocycles. The number of benzene rings is 1. The Morgan fingerprint density at radius 3 is 2.80 bits per heavy atom. The summed E-state index contributed by atoms with van der Waals surface area (Å²) in [6, 6.07) is 3.27. The van der Waals surface area contributed by atoms with E-state index in [2.05, 4.69) is 30.4 Å². The number of fused-ring (bicyclic) bond motifs is 1. The van der Waals surface area contributed by atoms with Gasteiger partial charge in [0.05, 0.1) is 15.5 Å². The topological polar surface area (TPSA) is 21.1 Å². The molecule has 1 aromatic heterocycles. The van der Waals surface area contributed by atoms with Gasteiger partial charge in [0, 0.05) is 24.9 Å². The number of alkyl halides is 1. The normalized spacial score (nSPS) is 11.7. The van der Waals surface area contributed by atoms with Crippen LogP contribution >= 0.6 is 27.5 Å². The highest BCUT2D eigenvalue weighted by molar-refractivity contribution is 9.10. The maximum atomic E-state index is 13.8. The Bertz CT molecular complexity index is 598. The highest BCUT2D eigenvalue weighted by Crippen LogP contribution is 2.24. The number of hydrogen-bond acceptors (Lipinski definition) is 2. The van der Waals surface area contributed by atoms with Crippen LogP contribution in [0.25, 0.3) is 11.0 Å². The zero-order valence-corrected chi connectivity index (χ0v) is 14.0. The molecule has 1 aromatic carbocycles. The van der Waals surface area contributed by atoms with Crippen LogP contribution in [-0.4, -0.2) is 41.0 Å². The average molecular weight is 363 g/mol. The van der Waals surface area contributed by atoms with Crippen molar-refractivity contribution in [3.05, 3.63) is 28.2 Å². The Morgan fingerprint density at radius 1 is 1.40 bits per heavy atom. The Labute approximate surface area is 131 Å². The third kappa shape index (κ3) is 3.51. The summed E-state index contributed by atoms with van der Waals surface area (Å²) < 4.78 is 16.3. The maximum absolute atomic E-state index is 13.8. The van der Waals surface area contributed by atoms with E-state index in [4.69, 9.17) is 11.6 Å². The fraction of sp³-hybridized carbons (Fsp3) is 0.500. The van der Waals surface area contributed by atoms with Crippen LogP contribution in [0, 0.1) is 5.82 Å². The lowest BCUT2D eigenvalue weighted by atomic mass is 10.3. The second-order valence-corrected chi connectivity index (χ2v) is 6.26. The van der Waals surface area contributed by atoms with Crippen molar-refractivity contribution in [1.29, 1.82) is 0 Å². The van der Waals surface area contributed by atoms with Gasteiger partial charge in [0.1, 0.15) is 11.6 Å². The summed E-state index contributed by atoms with van der Waals surface area (Å²) in [5.41, 5.74) is 1.65. The van der Waals surface area contributed by atoms with Gasteiger partial charge in [0.2, 0.25) is 0 Å². The molecule has 0 bridgehead atoms. The number of imidazole rings is 1. The van der Waals surface area contributed by atoms with Gasteiger partial charge in [-0.05, 0) is 49.1 Å². The predicted octanol–water partition coefficient (Wildman–Crippen LogP) is 3.67. The van der Waals surface area contributed by atoms with Gasteiger partial charge in [0.25, 0.3) is 0 Å². The van der Waals surface area contributed by atoms with Crippen LogP contribution in [0.5, 0.6) is 0 Å². The minimum atomic E-state index is -0.260. The van der Waals surface area contributed by atoms with Crippen molar-refractivity contribution in [3.63, 3.8) is 0 Å². The van der Waals surface area contributed by atoms with Crippen molar-refractivity contribution in [1.82, 2.24) is 14.5 Å². The van der Waals surface area contributed by atoms with Crippen LogP contribution in [0.2, 0.25) is 0 Å². The number of aryl methyl sites for hydroxylation is 2. The van der Waals surface area contributed by atoms with Crippen LogP contribution in [0.4, 0.5) is 4.39 Å². The number of rotatable bonds is 6. The van der Waals surface area contributed by atoms with Crippen LogP contribution < -0.4 is 0 Å². The van der Waals surface area contributed by atoms with Gasteiger partial charge in [-0.25, -0.2) is 9.37 Å². The van der Waals surface area contributed by atoms with Gasteiger partial charge in [-0.3, -0.25) is 0 Å². The molecule has 0 aliphatic carbocycles. The fourth-order valence-electron chi connectivity index (χ4n) is 2.24. The van der Waals surface area contributed by atoms with Gasteiger partial charge < -0.3 is 9.47 Å². The molecule has 0 amide bonds. The van der Waals surface area contributed by atoms with Crippen molar-refractivity contribution in [2.75, 3.05) is 26.5 Å². The summed E-state index contributed by atoms with van der Waals surface area (Å²) in [6.45, 7) is 1.81. The lowest BCUT2D eigenvalue weighted by Crippen LogP contribution is -2.16. The van der Waals surface area contributed by atoms with E-state index in [-0.39, 0.29) is 5.82 Å². The Balaban J connectivity index is 2.37. The summed E-state index contributed by atoms with van der Waals surface area (Å²) in [5, 5.41) is 0. The zero-order valence-electron chi connectivity index (χ0n) is 11.7. The summed E-state index contributed by atoms with van der Waals surface area (Å²) in [4.78, 5) is 6.71. The largest absolute Gasteiger partial charge is 0.328 e. The van der Waals surface area contributed by atoms with E-state index in [9.17, 15) is 4.39 Å². The van der Waals surface area contributed by atoms with Crippen LogP contribution in [0.1, 0.15) is 12.2 Å². The average Bonchev–Trinajstić information content (AvgIpc) is 2.68. The zero-order chi connectivity index (χ0) is 14.7. The molecule has 20 heavy (non-hydrogen) atoms. The number of hydrogen-bond donors (Lipinski definition) is 0. The Hall–Kier alpha value is -0.650. The highest BCUT2D eigenvalue weighted by Gasteiger charge is 2.13. The molecule has 2 aromatic rings. The van der Waals surface area contributed by atoms with Crippen LogP contribution in [0.15, 0.2) is 16.6 Å². The fourth-order valence-corrected chi connectivity index (χ4v) is 2.74. The molecule has 6 heteroatoms. The lowest BCUT2D eigenvalue weighted by Gasteiger charge is -2.12. The first-order valence-electron chi connectivity index (χ1n) is 6.57. The molecule has 0 radical (unpaired) electrons. The maximum Gasteiger partial charge on any atom is 0.139 e. The molecule has 1 heterocycles. The monoisotopic (exact) mass is 361 g/mol. The molecule has 3 nitrogen and oxygen atoms in total. The quantitative estimate of drug-likeness (QED) is 0.731. The van der Waals surface area contributed by atoms with Gasteiger partial charge >= 0.3 is 0 Å². The molecule has 0 saturated carbocycles. The SMILES string of the molecule is CN(C)CCCn1c(CCCl)nc2cc(Br)c(F)cc21. The highest BCUT2D eigenvalue weighted by atomic mass is 79.9. The molecular weight excluding hydrogens is 345 g/mol. The molecule has 0 aliphatic rings. The van der Waals surface area contributed by atoms with Crippen LogP contribution in [-0.2, 0) is 13.0 Å². The summed E-state index contributed by atoms with van der Waals surface area (Å²) in [7, 11) is 4.09. The van der Waals surface area contributed by atoms with E-state index in [0.717, 1.165) is 36.4 Å². The molecular formula is C14H18BrClFN3. The van der Waals surface area contributed by atoms with E-state index in [1.807, 2.05) is 14.1 Å². The number of aromatic nitrogens is 2. The molecule has 0 N–H and O–H groups in total. The predicted molar refractivity (Wildman–Crippen MR) is 85.0 cm³/mol. The van der Waals surface area contributed by atoms with E-state index in [1.54, 1.807) is 12.1 Å². The van der Waals surface area contributed by atoms with Crippen molar-refractivity contribution >= 4 is 38.6 Å². The Morgan fingerprint density at radius 2 is 2.15 bits per heavy atom. The third-order valence-corrected chi connectivity index (χ3v) is 3.97. The minimum Gasteiger partial charge on any atom is -0.328 e. The molecule has 0 fully saturated rings. The van der Waals surface area contributed by atoms with Gasteiger partial charge in [0.15, 0.2) is 0 Å². The van der Waals surface area contributed by atoms with Gasteiger partial charge in [-0.2, -0.15) is 0 Å². The summed E-state index contributed by atoms with van der Waals surface area (Å²) in [5.74, 6) is 1.18. The van der Waals surface area contributed by atoms with Crippen molar-refractivity contribution in [2.24, 2.45) is 0 Å². The van der Waals surface area contributed by atoms with Crippen LogP contribution in [0.3, 0.4) is 0 Å². The van der Waals surface area contributed by atoms with Crippen molar-refractivity contribution < 1.29 is 4.39 Å². The van der Waals surface area contributed by atoms with Crippen molar-refractivity contribution in [2.45, 2.75) is 19.4 Å². The molecule has 0 atom stereocenters. The van der Waals surface area contributed by atoms with E-state index in [1.165, 1.54) is 0 Å². The standard InChI is InChI=1S/C14H18BrClFN3/c1-19(2)6-3-7-20-13-9-11(17)10(15)8-12(13)18-14(20)4-5-16/h8-9H,3-7H2,1-2H3. The van der Waals surface area contributed by atoms with Crippen molar-refractivity contribution in [3.8, 4) is 0 Å². The smallest absolute Gasteiger partial charge is 0.139 e. The van der Waals surface area contributed by atoms with E-state index in [0.29, 0.717) is 16.8 Å². The first-order chi connectivity index (χ1) is 9.52. The minimum absolute atomic E-state index is 0.260. The lowest BCUT2D eigenvalue weighted by molar-refractivity contribution is 0.386. The van der Waals surface area contributed by atoms with Gasteiger partial charge in [-0.15, -0.1) is 11.6 Å². The molecule has 110 valence electrons. The molecule has 0 spiro atoms. The summed E-state index contributed by atoms with van der Waals surface area (Å²) >= 11 is 9.04. The second kappa shape index (κ2) is 6.87. The molecule has 0 unspecified atom stereocenters. The first-order valence-corrected chi connectivity index (χ1v) is 7.90. The Kier molecular flexibility index (Phi) is 5.41. The number of halogens is 3. The van der Waals surface area contributed by atoms with E-state index < -0.39 is 0 Å². The summed E-state index contributed by atoms with van der Waals surface area (Å²) in [6.07, 6.45) is 1.68. The van der Waals surface area contributed by atoms with E-state index >= 15 is 0 Å². The second-order valence-electron chi connectivity index (χ2n) is 5.03.